The van der Waals surface area contributed by atoms with Crippen LogP contribution in [0.5, 0.6) is 0 Å². The van der Waals surface area contributed by atoms with Crippen LogP contribution in [0.15, 0.2) is 0 Å². The van der Waals surface area contributed by atoms with Gasteiger partial charge in [0.1, 0.15) is 0 Å². The van der Waals surface area contributed by atoms with Gasteiger partial charge in [0.25, 0.3) is 0 Å². The van der Waals surface area contributed by atoms with Crippen molar-refractivity contribution in [3.63, 3.8) is 0 Å². The summed E-state index contributed by atoms with van der Waals surface area (Å²) < 4.78 is 0. The fourth-order valence-corrected chi connectivity index (χ4v) is 1.80. The Morgan fingerprint density at radius 3 is 2.50 bits per heavy atom. The van der Waals surface area contributed by atoms with Gasteiger partial charge in [-0.05, 0) is 37.6 Å². The van der Waals surface area contributed by atoms with E-state index < -0.39 is 0 Å². The molecule has 0 aliphatic heterocycles. The maximum Gasteiger partial charge on any atom is 0.00387 e. The van der Waals surface area contributed by atoms with Gasteiger partial charge in [0, 0.05) is 6.04 Å². The molecule has 0 amide bonds. The highest BCUT2D eigenvalue weighted by atomic mass is 14.9. The molecule has 1 fully saturated rings. The second-order valence-corrected chi connectivity index (χ2v) is 4.99. The third-order valence-electron chi connectivity index (χ3n) is 3.15. The van der Waals surface area contributed by atoms with E-state index >= 15 is 0 Å². The Balaban J connectivity index is 2.03. The summed E-state index contributed by atoms with van der Waals surface area (Å²) in [4.78, 5) is 0. The highest BCUT2D eigenvalue weighted by Crippen LogP contribution is 2.51. The van der Waals surface area contributed by atoms with Crippen LogP contribution in [0.4, 0.5) is 0 Å². The summed E-state index contributed by atoms with van der Waals surface area (Å²) in [5.41, 5.74) is 0.638. The maximum absolute atomic E-state index is 3.60. The van der Waals surface area contributed by atoms with Gasteiger partial charge in [-0.2, -0.15) is 0 Å². The Bertz CT molecular complexity index is 140. The van der Waals surface area contributed by atoms with E-state index in [9.17, 15) is 0 Å². The van der Waals surface area contributed by atoms with Gasteiger partial charge in [0.15, 0.2) is 0 Å². The molecule has 0 spiro atoms. The van der Waals surface area contributed by atoms with Gasteiger partial charge in [-0.15, -0.1) is 0 Å². The van der Waals surface area contributed by atoms with E-state index in [1.165, 1.54) is 25.8 Å². The maximum atomic E-state index is 3.60. The molecule has 0 saturated heterocycles. The topological polar surface area (TPSA) is 12.0 Å². The SMILES string of the molecule is CCCC(C)NCC1CC1(C)C. The van der Waals surface area contributed by atoms with Crippen molar-refractivity contribution in [2.24, 2.45) is 11.3 Å². The first-order chi connectivity index (χ1) is 5.56. The lowest BCUT2D eigenvalue weighted by Gasteiger charge is -2.12. The summed E-state index contributed by atoms with van der Waals surface area (Å²) in [7, 11) is 0. The fraction of sp³-hybridized carbons (Fsp3) is 1.00. The lowest BCUT2D eigenvalue weighted by Crippen LogP contribution is -2.28. The largest absolute Gasteiger partial charge is 0.314 e. The van der Waals surface area contributed by atoms with E-state index in [0.29, 0.717) is 11.5 Å². The quantitative estimate of drug-likeness (QED) is 0.667. The molecular formula is C11H23N. The summed E-state index contributed by atoms with van der Waals surface area (Å²) in [6.45, 7) is 10.5. The van der Waals surface area contributed by atoms with Crippen LogP contribution in [0.25, 0.3) is 0 Å². The van der Waals surface area contributed by atoms with Gasteiger partial charge in [0.05, 0.1) is 0 Å². The first-order valence-electron chi connectivity index (χ1n) is 5.29. The van der Waals surface area contributed by atoms with Gasteiger partial charge < -0.3 is 5.32 Å². The molecule has 0 aromatic rings. The normalized spacial score (nSPS) is 28.5. The van der Waals surface area contributed by atoms with Gasteiger partial charge in [-0.3, -0.25) is 0 Å². The van der Waals surface area contributed by atoms with Crippen LogP contribution in [0, 0.1) is 11.3 Å². The predicted octanol–water partition coefficient (Wildman–Crippen LogP) is 2.81. The van der Waals surface area contributed by atoms with Gasteiger partial charge >= 0.3 is 0 Å². The van der Waals surface area contributed by atoms with E-state index in [1.807, 2.05) is 0 Å². The first-order valence-corrected chi connectivity index (χ1v) is 5.29. The fourth-order valence-electron chi connectivity index (χ4n) is 1.80. The molecular weight excluding hydrogens is 146 g/mol. The molecule has 1 rings (SSSR count). The molecule has 1 N–H and O–H groups in total. The molecule has 0 radical (unpaired) electrons. The van der Waals surface area contributed by atoms with E-state index in [4.69, 9.17) is 0 Å². The van der Waals surface area contributed by atoms with Crippen LogP contribution in [0.3, 0.4) is 0 Å². The van der Waals surface area contributed by atoms with Gasteiger partial charge in [-0.25, -0.2) is 0 Å². The number of nitrogens with one attached hydrogen (secondary N) is 1. The van der Waals surface area contributed by atoms with Crippen molar-refractivity contribution < 1.29 is 0 Å². The Hall–Kier alpha value is -0.0400. The van der Waals surface area contributed by atoms with E-state index in [1.54, 1.807) is 0 Å². The van der Waals surface area contributed by atoms with Crippen molar-refractivity contribution >= 4 is 0 Å². The molecule has 0 aromatic carbocycles. The lowest BCUT2D eigenvalue weighted by atomic mass is 10.1. The summed E-state index contributed by atoms with van der Waals surface area (Å²) in [5, 5.41) is 3.60. The Labute approximate surface area is 76.9 Å². The standard InChI is InChI=1S/C11H23N/c1-5-6-9(2)12-8-10-7-11(10,3)4/h9-10,12H,5-8H2,1-4H3. The molecule has 1 aliphatic carbocycles. The zero-order chi connectivity index (χ0) is 9.19. The van der Waals surface area contributed by atoms with Crippen molar-refractivity contribution in [2.45, 2.75) is 53.0 Å². The zero-order valence-electron chi connectivity index (χ0n) is 8.98. The van der Waals surface area contributed by atoms with E-state index in [2.05, 4.69) is 33.0 Å². The van der Waals surface area contributed by atoms with Crippen LogP contribution >= 0.6 is 0 Å². The predicted molar refractivity (Wildman–Crippen MR) is 54.3 cm³/mol. The molecule has 1 heteroatoms. The third kappa shape index (κ3) is 2.78. The second-order valence-electron chi connectivity index (χ2n) is 4.99. The molecule has 2 unspecified atom stereocenters. The van der Waals surface area contributed by atoms with Crippen LogP contribution in [0.1, 0.15) is 47.0 Å². The molecule has 1 saturated carbocycles. The monoisotopic (exact) mass is 169 g/mol. The Morgan fingerprint density at radius 1 is 1.50 bits per heavy atom. The first kappa shape index (κ1) is 10.0. The molecule has 0 aromatic heterocycles. The molecule has 1 aliphatic rings. The highest BCUT2D eigenvalue weighted by Gasteiger charge is 2.44. The van der Waals surface area contributed by atoms with E-state index in [0.717, 1.165) is 5.92 Å². The van der Waals surface area contributed by atoms with Crippen LogP contribution in [-0.2, 0) is 0 Å². The molecule has 12 heavy (non-hydrogen) atoms. The smallest absolute Gasteiger partial charge is 0.00387 e. The Morgan fingerprint density at radius 2 is 2.08 bits per heavy atom. The Kier molecular flexibility index (Phi) is 3.16. The van der Waals surface area contributed by atoms with E-state index in [-0.39, 0.29) is 0 Å². The number of rotatable bonds is 5. The van der Waals surface area contributed by atoms with Crippen molar-refractivity contribution in [3.8, 4) is 0 Å². The van der Waals surface area contributed by atoms with Crippen LogP contribution in [-0.4, -0.2) is 12.6 Å². The second kappa shape index (κ2) is 3.78. The van der Waals surface area contributed by atoms with Crippen LogP contribution in [0.2, 0.25) is 0 Å². The zero-order valence-corrected chi connectivity index (χ0v) is 8.98. The third-order valence-corrected chi connectivity index (χ3v) is 3.15. The average molecular weight is 169 g/mol. The minimum absolute atomic E-state index is 0.638. The minimum Gasteiger partial charge on any atom is -0.314 e. The molecule has 0 bridgehead atoms. The highest BCUT2D eigenvalue weighted by molar-refractivity contribution is 4.96. The summed E-state index contributed by atoms with van der Waals surface area (Å²) in [5.74, 6) is 0.941. The molecule has 1 nitrogen and oxygen atoms in total. The van der Waals surface area contributed by atoms with Crippen molar-refractivity contribution in [3.05, 3.63) is 0 Å². The minimum atomic E-state index is 0.638. The average Bonchev–Trinajstić information content (AvgIpc) is 2.56. The number of hydrogen-bond acceptors (Lipinski definition) is 1. The lowest BCUT2D eigenvalue weighted by molar-refractivity contribution is 0.458. The molecule has 0 heterocycles. The van der Waals surface area contributed by atoms with Crippen LogP contribution < -0.4 is 5.32 Å². The number of hydrogen-bond donors (Lipinski definition) is 1. The van der Waals surface area contributed by atoms with Crippen molar-refractivity contribution in [2.75, 3.05) is 6.54 Å². The van der Waals surface area contributed by atoms with Gasteiger partial charge in [-0.1, -0.05) is 27.2 Å². The molecule has 72 valence electrons. The molecule has 2 atom stereocenters. The van der Waals surface area contributed by atoms with Crippen molar-refractivity contribution in [1.82, 2.24) is 5.32 Å². The van der Waals surface area contributed by atoms with Crippen molar-refractivity contribution in [1.29, 1.82) is 0 Å². The summed E-state index contributed by atoms with van der Waals surface area (Å²) >= 11 is 0. The summed E-state index contributed by atoms with van der Waals surface area (Å²) in [6, 6.07) is 0.714. The van der Waals surface area contributed by atoms with Gasteiger partial charge in [0.2, 0.25) is 0 Å². The summed E-state index contributed by atoms with van der Waals surface area (Å²) in [6.07, 6.45) is 4.02.